The van der Waals surface area contributed by atoms with Gasteiger partial charge in [-0.15, -0.1) is 0 Å². The minimum Gasteiger partial charge on any atom is -0.480 e. The Morgan fingerprint density at radius 1 is 1.36 bits per heavy atom. The Balaban J connectivity index is 2.24. The van der Waals surface area contributed by atoms with Crippen LogP contribution in [0.3, 0.4) is 0 Å². The molecule has 0 saturated heterocycles. The smallest absolute Gasteiger partial charge is 0.329 e. The lowest BCUT2D eigenvalue weighted by molar-refractivity contribution is -0.146. The van der Waals surface area contributed by atoms with Crippen molar-refractivity contribution in [2.75, 3.05) is 7.05 Å². The highest BCUT2D eigenvalue weighted by Gasteiger charge is 2.43. The first-order valence-electron chi connectivity index (χ1n) is 8.25. The Morgan fingerprint density at radius 3 is 2.44 bits per heavy atom. The van der Waals surface area contributed by atoms with Crippen LogP contribution in [0.4, 0.5) is 0 Å². The van der Waals surface area contributed by atoms with Gasteiger partial charge in [0.15, 0.2) is 0 Å². The summed E-state index contributed by atoms with van der Waals surface area (Å²) in [5, 5.41) is 11.9. The molecule has 1 aliphatic rings. The topological polar surface area (TPSA) is 126 Å². The molecule has 1 saturated carbocycles. The average molecular weight is 372 g/mol. The highest BCUT2D eigenvalue weighted by atomic mass is 32.2. The molecule has 3 N–H and O–H groups in total. The first-order valence-corrected chi connectivity index (χ1v) is 9.73. The summed E-state index contributed by atoms with van der Waals surface area (Å²) in [6.07, 6.45) is 3.14. The molecule has 25 heavy (non-hydrogen) atoms. The van der Waals surface area contributed by atoms with E-state index in [-0.39, 0.29) is 16.4 Å². The van der Waals surface area contributed by atoms with Crippen LogP contribution in [0.25, 0.3) is 0 Å². The molecule has 0 atom stereocenters. The molecule has 0 aromatic carbocycles. The van der Waals surface area contributed by atoms with Gasteiger partial charge in [-0.1, -0.05) is 13.3 Å². The Morgan fingerprint density at radius 2 is 1.96 bits per heavy atom. The Labute approximate surface area is 147 Å². The number of hydrogen-bond acceptors (Lipinski definition) is 5. The molecular formula is C16H24N2O6S. The summed E-state index contributed by atoms with van der Waals surface area (Å²) in [5.74, 6) is -1.13. The highest BCUT2D eigenvalue weighted by Crippen LogP contribution is 2.34. The van der Waals surface area contributed by atoms with Gasteiger partial charge in [0, 0.05) is 6.07 Å². The SMILES string of the molecule is CCC1CCC(NC(=O)c2cc(S(=O)(=O)NC)oc2C)(C(=O)O)CC1. The van der Waals surface area contributed by atoms with Crippen molar-refractivity contribution < 1.29 is 27.5 Å². The van der Waals surface area contributed by atoms with Gasteiger partial charge in [0.05, 0.1) is 5.56 Å². The van der Waals surface area contributed by atoms with Crippen molar-refractivity contribution in [3.63, 3.8) is 0 Å². The third kappa shape index (κ3) is 3.87. The lowest BCUT2D eigenvalue weighted by Crippen LogP contribution is -2.56. The van der Waals surface area contributed by atoms with Crippen LogP contribution in [0.1, 0.15) is 55.1 Å². The zero-order valence-electron chi connectivity index (χ0n) is 14.6. The quantitative estimate of drug-likeness (QED) is 0.697. The van der Waals surface area contributed by atoms with E-state index in [1.165, 1.54) is 14.0 Å². The molecule has 9 heteroatoms. The largest absolute Gasteiger partial charge is 0.480 e. The van der Waals surface area contributed by atoms with Crippen LogP contribution >= 0.6 is 0 Å². The van der Waals surface area contributed by atoms with Crippen molar-refractivity contribution >= 4 is 21.9 Å². The van der Waals surface area contributed by atoms with E-state index in [9.17, 15) is 23.1 Å². The normalized spacial score (nSPS) is 24.0. The highest BCUT2D eigenvalue weighted by molar-refractivity contribution is 7.89. The van der Waals surface area contributed by atoms with E-state index in [0.717, 1.165) is 25.3 Å². The second kappa shape index (κ2) is 7.17. The molecule has 140 valence electrons. The molecule has 1 aromatic rings. The van der Waals surface area contributed by atoms with Crippen molar-refractivity contribution in [3.8, 4) is 0 Å². The minimum atomic E-state index is -3.82. The fourth-order valence-corrected chi connectivity index (χ4v) is 3.88. The average Bonchev–Trinajstić information content (AvgIpc) is 2.98. The summed E-state index contributed by atoms with van der Waals surface area (Å²) in [5.41, 5.74) is -1.30. The number of carboxylic acids is 1. The van der Waals surface area contributed by atoms with Crippen molar-refractivity contribution in [3.05, 3.63) is 17.4 Å². The Hall–Kier alpha value is -1.87. The fourth-order valence-electron chi connectivity index (χ4n) is 3.17. The molecule has 1 aliphatic carbocycles. The van der Waals surface area contributed by atoms with Crippen LogP contribution in [0.5, 0.6) is 0 Å². The number of nitrogens with one attached hydrogen (secondary N) is 2. The number of sulfonamides is 1. The summed E-state index contributed by atoms with van der Waals surface area (Å²) in [7, 11) is -2.59. The number of amides is 1. The van der Waals surface area contributed by atoms with Crippen molar-refractivity contribution in [2.45, 2.75) is 56.6 Å². The molecule has 0 bridgehead atoms. The predicted molar refractivity (Wildman–Crippen MR) is 89.8 cm³/mol. The van der Waals surface area contributed by atoms with Crippen molar-refractivity contribution in [2.24, 2.45) is 5.92 Å². The number of aliphatic carboxylic acids is 1. The number of carbonyl (C=O) groups excluding carboxylic acids is 1. The number of rotatable bonds is 6. The monoisotopic (exact) mass is 372 g/mol. The summed E-state index contributed by atoms with van der Waals surface area (Å²) < 4.78 is 30.8. The van der Waals surface area contributed by atoms with Crippen LogP contribution in [0.15, 0.2) is 15.6 Å². The van der Waals surface area contributed by atoms with E-state index in [0.29, 0.717) is 18.8 Å². The molecule has 1 heterocycles. The molecular weight excluding hydrogens is 348 g/mol. The van der Waals surface area contributed by atoms with E-state index in [4.69, 9.17) is 4.42 Å². The maximum absolute atomic E-state index is 12.6. The van der Waals surface area contributed by atoms with Crippen LogP contribution in [0, 0.1) is 12.8 Å². The summed E-state index contributed by atoms with van der Waals surface area (Å²) in [4.78, 5) is 24.4. The maximum atomic E-state index is 12.6. The van der Waals surface area contributed by atoms with E-state index < -0.39 is 27.4 Å². The third-order valence-corrected chi connectivity index (χ3v) is 6.24. The lowest BCUT2D eigenvalue weighted by Gasteiger charge is -2.37. The molecule has 0 spiro atoms. The molecule has 1 amide bonds. The van der Waals surface area contributed by atoms with Crippen LogP contribution in [-0.4, -0.2) is 38.0 Å². The molecule has 8 nitrogen and oxygen atoms in total. The van der Waals surface area contributed by atoms with Crippen LogP contribution < -0.4 is 10.0 Å². The Kier molecular flexibility index (Phi) is 5.58. The number of hydrogen-bond donors (Lipinski definition) is 3. The summed E-state index contributed by atoms with van der Waals surface area (Å²) >= 11 is 0. The number of aryl methyl sites for hydroxylation is 1. The van der Waals surface area contributed by atoms with E-state index in [1.54, 1.807) is 0 Å². The van der Waals surface area contributed by atoms with Crippen LogP contribution in [0.2, 0.25) is 0 Å². The van der Waals surface area contributed by atoms with Crippen molar-refractivity contribution in [1.82, 2.24) is 10.0 Å². The van der Waals surface area contributed by atoms with Crippen molar-refractivity contribution in [1.29, 1.82) is 0 Å². The molecule has 1 fully saturated rings. The number of carbonyl (C=O) groups is 2. The van der Waals surface area contributed by atoms with Gasteiger partial charge in [-0.2, -0.15) is 0 Å². The molecule has 0 unspecified atom stereocenters. The van der Waals surface area contributed by atoms with Gasteiger partial charge in [-0.3, -0.25) is 4.79 Å². The lowest BCUT2D eigenvalue weighted by atomic mass is 9.75. The third-order valence-electron chi connectivity index (χ3n) is 4.97. The minimum absolute atomic E-state index is 0.0204. The molecule has 1 aromatic heterocycles. The van der Waals surface area contributed by atoms with E-state index in [2.05, 4.69) is 17.0 Å². The second-order valence-corrected chi connectivity index (χ2v) is 8.25. The van der Waals surface area contributed by atoms with Gasteiger partial charge in [-0.25, -0.2) is 17.9 Å². The number of carboxylic acid groups (broad SMARTS) is 1. The first-order chi connectivity index (χ1) is 11.6. The van der Waals surface area contributed by atoms with Gasteiger partial charge in [0.25, 0.3) is 15.9 Å². The molecule has 0 aliphatic heterocycles. The zero-order chi connectivity index (χ0) is 18.8. The van der Waals surface area contributed by atoms with Gasteiger partial charge in [0.2, 0.25) is 5.09 Å². The van der Waals surface area contributed by atoms with Gasteiger partial charge in [0.1, 0.15) is 11.3 Å². The van der Waals surface area contributed by atoms with Gasteiger partial charge in [-0.05, 0) is 45.6 Å². The fraction of sp³-hybridized carbons (Fsp3) is 0.625. The summed E-state index contributed by atoms with van der Waals surface area (Å²) in [6, 6.07) is 1.11. The van der Waals surface area contributed by atoms with E-state index >= 15 is 0 Å². The summed E-state index contributed by atoms with van der Waals surface area (Å²) in [6.45, 7) is 3.53. The zero-order valence-corrected chi connectivity index (χ0v) is 15.4. The van der Waals surface area contributed by atoms with E-state index in [1.807, 2.05) is 0 Å². The van der Waals surface area contributed by atoms with Gasteiger partial charge >= 0.3 is 5.97 Å². The molecule has 0 radical (unpaired) electrons. The standard InChI is InChI=1S/C16H24N2O6S/c1-4-11-5-7-16(8-6-11,15(20)21)18-14(19)12-9-13(24-10(12)2)25(22,23)17-3/h9,11,17H,4-8H2,1-3H3,(H,18,19)(H,20,21). The first kappa shape index (κ1) is 19.5. The molecule has 2 rings (SSSR count). The van der Waals surface area contributed by atoms with Gasteiger partial charge < -0.3 is 14.8 Å². The maximum Gasteiger partial charge on any atom is 0.329 e. The second-order valence-electron chi connectivity index (χ2n) is 6.44. The van der Waals surface area contributed by atoms with Crippen LogP contribution in [-0.2, 0) is 14.8 Å². The Bertz CT molecular complexity index is 760. The number of furan rings is 1. The predicted octanol–water partition coefficient (Wildman–Crippen LogP) is 1.65.